The Balaban J connectivity index is 1.84. The molecule has 25 heavy (non-hydrogen) atoms. The van der Waals surface area contributed by atoms with Crippen molar-refractivity contribution in [2.75, 3.05) is 25.1 Å². The van der Waals surface area contributed by atoms with E-state index in [4.69, 9.17) is 4.74 Å². The summed E-state index contributed by atoms with van der Waals surface area (Å²) in [6, 6.07) is 7.35. The zero-order chi connectivity index (χ0) is 18.2. The quantitative estimate of drug-likeness (QED) is 0.925. The molecule has 1 aromatic heterocycles. The Kier molecular flexibility index (Phi) is 4.24. The van der Waals surface area contributed by atoms with E-state index in [1.807, 2.05) is 45.0 Å². The number of aromatic amines is 1. The highest BCUT2D eigenvalue weighted by molar-refractivity contribution is 6.01. The standard InChI is InChI=1S/C18H22N4O3/c1-12-9-19-16(20-12)17(24)21-10-15(23)22(18(2,3)11-21)13-5-7-14(25-4)8-6-13/h5-9H,10-11H2,1-4H3,(H,19,20). The summed E-state index contributed by atoms with van der Waals surface area (Å²) >= 11 is 0. The van der Waals surface area contributed by atoms with Gasteiger partial charge in [-0.3, -0.25) is 9.59 Å². The van der Waals surface area contributed by atoms with E-state index in [-0.39, 0.29) is 24.2 Å². The topological polar surface area (TPSA) is 78.5 Å². The number of piperazine rings is 1. The number of anilines is 1. The molecule has 1 aliphatic heterocycles. The van der Waals surface area contributed by atoms with E-state index in [2.05, 4.69) is 9.97 Å². The summed E-state index contributed by atoms with van der Waals surface area (Å²) in [5, 5.41) is 0. The summed E-state index contributed by atoms with van der Waals surface area (Å²) in [6.07, 6.45) is 1.60. The van der Waals surface area contributed by atoms with Gasteiger partial charge in [-0.05, 0) is 45.0 Å². The van der Waals surface area contributed by atoms with E-state index in [0.717, 1.165) is 17.1 Å². The minimum absolute atomic E-state index is 0.0219. The predicted octanol–water partition coefficient (Wildman–Crippen LogP) is 1.99. The van der Waals surface area contributed by atoms with Crippen molar-refractivity contribution in [3.63, 3.8) is 0 Å². The zero-order valence-electron chi connectivity index (χ0n) is 14.9. The van der Waals surface area contributed by atoms with Crippen LogP contribution in [0, 0.1) is 6.92 Å². The van der Waals surface area contributed by atoms with Crippen molar-refractivity contribution in [3.05, 3.63) is 42.0 Å². The monoisotopic (exact) mass is 342 g/mol. The Morgan fingerprint density at radius 2 is 1.96 bits per heavy atom. The van der Waals surface area contributed by atoms with Crippen LogP contribution in [-0.4, -0.2) is 52.4 Å². The number of nitrogens with one attached hydrogen (secondary N) is 1. The van der Waals surface area contributed by atoms with Crippen LogP contribution in [0.2, 0.25) is 0 Å². The van der Waals surface area contributed by atoms with Gasteiger partial charge in [-0.2, -0.15) is 0 Å². The molecule has 0 aliphatic carbocycles. The van der Waals surface area contributed by atoms with Gasteiger partial charge in [-0.15, -0.1) is 0 Å². The van der Waals surface area contributed by atoms with E-state index in [1.165, 1.54) is 0 Å². The highest BCUT2D eigenvalue weighted by atomic mass is 16.5. The number of aromatic nitrogens is 2. The minimum Gasteiger partial charge on any atom is -0.497 e. The van der Waals surface area contributed by atoms with Gasteiger partial charge in [0.2, 0.25) is 5.91 Å². The smallest absolute Gasteiger partial charge is 0.290 e. The summed E-state index contributed by atoms with van der Waals surface area (Å²) in [6.45, 7) is 6.17. The van der Waals surface area contributed by atoms with Crippen LogP contribution in [-0.2, 0) is 4.79 Å². The molecule has 1 saturated heterocycles. The molecule has 1 N–H and O–H groups in total. The molecule has 0 atom stereocenters. The Bertz CT molecular complexity index is 795. The lowest BCUT2D eigenvalue weighted by Gasteiger charge is -2.46. The summed E-state index contributed by atoms with van der Waals surface area (Å²) in [5.41, 5.74) is 1.06. The molecule has 0 saturated carbocycles. The minimum atomic E-state index is -0.540. The molecule has 3 rings (SSSR count). The molecule has 1 aromatic carbocycles. The molecule has 7 heteroatoms. The van der Waals surface area contributed by atoms with Crippen molar-refractivity contribution >= 4 is 17.5 Å². The van der Waals surface area contributed by atoms with Crippen molar-refractivity contribution in [2.24, 2.45) is 0 Å². The summed E-state index contributed by atoms with van der Waals surface area (Å²) in [5.74, 6) is 0.608. The highest BCUT2D eigenvalue weighted by Crippen LogP contribution is 2.30. The van der Waals surface area contributed by atoms with E-state index in [0.29, 0.717) is 6.54 Å². The van der Waals surface area contributed by atoms with Crippen molar-refractivity contribution in [2.45, 2.75) is 26.3 Å². The Morgan fingerprint density at radius 3 is 2.48 bits per heavy atom. The first kappa shape index (κ1) is 17.0. The van der Waals surface area contributed by atoms with Gasteiger partial charge in [-0.25, -0.2) is 4.98 Å². The van der Waals surface area contributed by atoms with E-state index < -0.39 is 5.54 Å². The highest BCUT2D eigenvalue weighted by Gasteiger charge is 2.41. The van der Waals surface area contributed by atoms with Crippen LogP contribution in [0.4, 0.5) is 5.69 Å². The van der Waals surface area contributed by atoms with Gasteiger partial charge in [-0.1, -0.05) is 0 Å². The molecule has 2 amide bonds. The number of amides is 2. The third-order valence-corrected chi connectivity index (χ3v) is 4.28. The first-order chi connectivity index (χ1) is 11.8. The number of carbonyl (C=O) groups is 2. The zero-order valence-corrected chi connectivity index (χ0v) is 14.9. The van der Waals surface area contributed by atoms with E-state index in [9.17, 15) is 9.59 Å². The third-order valence-electron chi connectivity index (χ3n) is 4.28. The number of nitrogens with zero attached hydrogens (tertiary/aromatic N) is 3. The lowest BCUT2D eigenvalue weighted by Crippen LogP contribution is -2.63. The van der Waals surface area contributed by atoms with Gasteiger partial charge in [0.1, 0.15) is 12.3 Å². The number of carbonyl (C=O) groups excluding carboxylic acids is 2. The van der Waals surface area contributed by atoms with Crippen molar-refractivity contribution in [3.8, 4) is 5.75 Å². The van der Waals surface area contributed by atoms with Crippen LogP contribution in [0.15, 0.2) is 30.5 Å². The first-order valence-electron chi connectivity index (χ1n) is 8.10. The third kappa shape index (κ3) is 3.22. The fourth-order valence-electron chi connectivity index (χ4n) is 3.20. The second-order valence-electron chi connectivity index (χ2n) is 6.82. The molecule has 2 aromatic rings. The fraction of sp³-hybridized carbons (Fsp3) is 0.389. The predicted molar refractivity (Wildman–Crippen MR) is 93.8 cm³/mol. The van der Waals surface area contributed by atoms with Crippen molar-refractivity contribution in [1.82, 2.24) is 14.9 Å². The molecule has 0 radical (unpaired) electrons. The van der Waals surface area contributed by atoms with Crippen LogP contribution >= 0.6 is 0 Å². The summed E-state index contributed by atoms with van der Waals surface area (Å²) < 4.78 is 5.17. The molecule has 1 aliphatic rings. The second-order valence-corrected chi connectivity index (χ2v) is 6.82. The van der Waals surface area contributed by atoms with E-state index >= 15 is 0 Å². The van der Waals surface area contributed by atoms with Crippen LogP contribution in [0.25, 0.3) is 0 Å². The number of H-pyrrole nitrogens is 1. The molecule has 2 heterocycles. The Morgan fingerprint density at radius 1 is 1.28 bits per heavy atom. The Labute approximate surface area is 146 Å². The lowest BCUT2D eigenvalue weighted by molar-refractivity contribution is -0.122. The number of hydrogen-bond donors (Lipinski definition) is 1. The number of benzene rings is 1. The number of ether oxygens (including phenoxy) is 1. The van der Waals surface area contributed by atoms with Gasteiger partial charge < -0.3 is 19.5 Å². The number of methoxy groups -OCH3 is 1. The van der Waals surface area contributed by atoms with E-state index in [1.54, 1.807) is 23.1 Å². The van der Waals surface area contributed by atoms with Crippen molar-refractivity contribution < 1.29 is 14.3 Å². The normalized spacial score (nSPS) is 16.9. The van der Waals surface area contributed by atoms with Gasteiger partial charge in [0.25, 0.3) is 5.91 Å². The van der Waals surface area contributed by atoms with Gasteiger partial charge in [0, 0.05) is 24.1 Å². The molecule has 7 nitrogen and oxygen atoms in total. The number of aryl methyl sites for hydroxylation is 1. The molecule has 0 bridgehead atoms. The fourth-order valence-corrected chi connectivity index (χ4v) is 3.20. The van der Waals surface area contributed by atoms with Gasteiger partial charge in [0.05, 0.1) is 12.6 Å². The SMILES string of the molecule is COc1ccc(N2C(=O)CN(C(=O)c3ncc(C)[nH]3)CC2(C)C)cc1. The van der Waals surface area contributed by atoms with Gasteiger partial charge in [0.15, 0.2) is 5.82 Å². The second kappa shape index (κ2) is 6.23. The average molecular weight is 342 g/mol. The van der Waals surface area contributed by atoms with Gasteiger partial charge >= 0.3 is 0 Å². The first-order valence-corrected chi connectivity index (χ1v) is 8.10. The molecule has 132 valence electrons. The molecular weight excluding hydrogens is 320 g/mol. The number of hydrogen-bond acceptors (Lipinski definition) is 4. The Hall–Kier alpha value is -2.83. The molecular formula is C18H22N4O3. The number of rotatable bonds is 3. The number of imidazole rings is 1. The molecule has 0 spiro atoms. The largest absolute Gasteiger partial charge is 0.497 e. The maximum atomic E-state index is 12.8. The van der Waals surface area contributed by atoms with Crippen molar-refractivity contribution in [1.29, 1.82) is 0 Å². The van der Waals surface area contributed by atoms with Crippen LogP contribution in [0.3, 0.4) is 0 Å². The van der Waals surface area contributed by atoms with Crippen LogP contribution in [0.5, 0.6) is 5.75 Å². The summed E-state index contributed by atoms with van der Waals surface area (Å²) in [4.78, 5) is 35.7. The maximum absolute atomic E-state index is 12.8. The van der Waals surface area contributed by atoms with Crippen LogP contribution < -0.4 is 9.64 Å². The lowest BCUT2D eigenvalue weighted by atomic mass is 9.97. The molecule has 1 fully saturated rings. The summed E-state index contributed by atoms with van der Waals surface area (Å²) in [7, 11) is 1.60. The molecule has 0 unspecified atom stereocenters. The maximum Gasteiger partial charge on any atom is 0.290 e. The average Bonchev–Trinajstić information content (AvgIpc) is 2.99. The van der Waals surface area contributed by atoms with Crippen LogP contribution in [0.1, 0.15) is 30.2 Å².